The summed E-state index contributed by atoms with van der Waals surface area (Å²) in [6, 6.07) is 0. The van der Waals surface area contributed by atoms with E-state index in [0.29, 0.717) is 25.7 Å². The zero-order chi connectivity index (χ0) is 90.2. The molecule has 43 nitrogen and oxygen atoms in total. The molecule has 123 heavy (non-hydrogen) atoms. The summed E-state index contributed by atoms with van der Waals surface area (Å²) in [5.41, 5.74) is 0. The second-order valence-corrected chi connectivity index (χ2v) is 34.3. The number of phosphoric ester groups is 1. The summed E-state index contributed by atoms with van der Waals surface area (Å²) in [6.07, 6.45) is -46.4. The molecule has 6 aliphatic heterocycles. The fourth-order valence-corrected chi connectivity index (χ4v) is 16.4. The topological polar surface area (TPSA) is 684 Å². The largest absolute Gasteiger partial charge is 0.472 e. The molecule has 0 amide bonds. The van der Waals surface area contributed by atoms with E-state index in [1.807, 2.05) is 0 Å². The van der Waals surface area contributed by atoms with Crippen molar-refractivity contribution in [3.8, 4) is 0 Å². The number of hydrogen-bond donors (Lipinski definition) is 24. The molecule has 0 bridgehead atoms. The Morgan fingerprint density at radius 2 is 0.585 bits per heavy atom. The van der Waals surface area contributed by atoms with E-state index >= 15 is 0 Å². The summed E-state index contributed by atoms with van der Waals surface area (Å²) in [7, 11) is -5.89. The molecular formula is C79H141O43P. The minimum Gasteiger partial charge on any atom is -0.462 e. The van der Waals surface area contributed by atoms with Crippen molar-refractivity contribution in [1.29, 1.82) is 0 Å². The third-order valence-corrected chi connectivity index (χ3v) is 24.2. The molecule has 0 aromatic carbocycles. The zero-order valence-corrected chi connectivity index (χ0v) is 70.8. The fourth-order valence-electron chi connectivity index (χ4n) is 15.4. The number of carbonyl (C=O) groups is 2. The number of aliphatic hydroxyl groups excluding tert-OH is 23. The van der Waals surface area contributed by atoms with Gasteiger partial charge in [0, 0.05) is 12.8 Å². The molecule has 1 saturated carbocycles. The molecule has 0 aromatic rings. The summed E-state index contributed by atoms with van der Waals surface area (Å²) in [5.74, 6) is -1.51. The summed E-state index contributed by atoms with van der Waals surface area (Å²) in [4.78, 5) is 38.4. The van der Waals surface area contributed by atoms with E-state index in [-0.39, 0.29) is 12.8 Å². The van der Waals surface area contributed by atoms with Crippen LogP contribution in [0.2, 0.25) is 0 Å². The van der Waals surface area contributed by atoms with E-state index in [4.69, 9.17) is 75.4 Å². The number of rotatable bonds is 55. The molecule has 0 spiro atoms. The Hall–Kier alpha value is -2.61. The molecule has 38 atom stereocenters. The van der Waals surface area contributed by atoms with Gasteiger partial charge in [-0.1, -0.05) is 154 Å². The van der Waals surface area contributed by atoms with Crippen molar-refractivity contribution >= 4 is 19.8 Å². The van der Waals surface area contributed by atoms with Gasteiger partial charge in [-0.25, -0.2) is 4.57 Å². The van der Waals surface area contributed by atoms with Gasteiger partial charge in [0.25, 0.3) is 0 Å². The summed E-state index contributed by atoms with van der Waals surface area (Å²) in [5, 5.41) is 250. The molecule has 7 rings (SSSR count). The maximum absolute atomic E-state index is 14.5. The minimum absolute atomic E-state index is 0.0409. The lowest BCUT2D eigenvalue weighted by molar-refractivity contribution is -0.365. The number of hydrogen-bond acceptors (Lipinski definition) is 42. The van der Waals surface area contributed by atoms with Gasteiger partial charge in [-0.05, 0) is 38.5 Å². The lowest BCUT2D eigenvalue weighted by atomic mass is 9.84. The Labute approximate surface area is 714 Å². The number of allylic oxidation sites excluding steroid dienone is 2. The highest BCUT2D eigenvalue weighted by Gasteiger charge is 2.60. The van der Waals surface area contributed by atoms with Gasteiger partial charge in [-0.15, -0.1) is 0 Å². The average Bonchev–Trinajstić information content (AvgIpc) is 0.757. The van der Waals surface area contributed by atoms with Crippen LogP contribution in [0.4, 0.5) is 0 Å². The molecule has 1 aliphatic carbocycles. The van der Waals surface area contributed by atoms with Gasteiger partial charge in [0.15, 0.2) is 43.8 Å². The number of ether oxygens (including phenoxy) is 14. The molecule has 44 heteroatoms. The molecule has 7 fully saturated rings. The van der Waals surface area contributed by atoms with E-state index < -0.39 is 300 Å². The smallest absolute Gasteiger partial charge is 0.462 e. The van der Waals surface area contributed by atoms with Gasteiger partial charge in [0.05, 0.1) is 46.2 Å². The van der Waals surface area contributed by atoms with Crippen molar-refractivity contribution in [1.82, 2.24) is 0 Å². The third kappa shape index (κ3) is 32.4. The number of aliphatic hydroxyl groups is 23. The van der Waals surface area contributed by atoms with Crippen molar-refractivity contribution in [3.05, 3.63) is 12.2 Å². The van der Waals surface area contributed by atoms with Crippen LogP contribution in [-0.2, 0) is 89.5 Å². The van der Waals surface area contributed by atoms with Crippen LogP contribution in [0, 0.1) is 0 Å². The van der Waals surface area contributed by atoms with Crippen molar-refractivity contribution < 1.29 is 212 Å². The van der Waals surface area contributed by atoms with Crippen molar-refractivity contribution in [3.63, 3.8) is 0 Å². The molecule has 720 valence electrons. The van der Waals surface area contributed by atoms with Crippen LogP contribution >= 0.6 is 7.82 Å². The Morgan fingerprint density at radius 3 is 0.919 bits per heavy atom. The van der Waals surface area contributed by atoms with Crippen molar-refractivity contribution in [2.45, 2.75) is 421 Å². The lowest BCUT2D eigenvalue weighted by Gasteiger charge is -2.49. The first-order valence-corrected chi connectivity index (χ1v) is 45.1. The van der Waals surface area contributed by atoms with Crippen molar-refractivity contribution in [2.75, 3.05) is 52.9 Å². The quantitative estimate of drug-likeness (QED) is 0.0118. The van der Waals surface area contributed by atoms with Crippen LogP contribution in [0.5, 0.6) is 0 Å². The average molecular weight is 1810 g/mol. The zero-order valence-electron chi connectivity index (χ0n) is 69.9. The first-order valence-electron chi connectivity index (χ1n) is 43.6. The van der Waals surface area contributed by atoms with E-state index in [0.717, 1.165) is 70.6 Å². The normalized spacial score (nSPS) is 39.7. The highest BCUT2D eigenvalue weighted by molar-refractivity contribution is 7.47. The molecule has 6 heterocycles. The van der Waals surface area contributed by atoms with E-state index in [1.54, 1.807) is 0 Å². The van der Waals surface area contributed by atoms with Gasteiger partial charge in [0.2, 0.25) is 0 Å². The lowest BCUT2D eigenvalue weighted by Crippen LogP contribution is -2.69. The predicted molar refractivity (Wildman–Crippen MR) is 417 cm³/mol. The van der Waals surface area contributed by atoms with Gasteiger partial charge < -0.3 is 189 Å². The van der Waals surface area contributed by atoms with Gasteiger partial charge in [-0.3, -0.25) is 18.6 Å². The van der Waals surface area contributed by atoms with Crippen molar-refractivity contribution in [2.24, 2.45) is 0 Å². The van der Waals surface area contributed by atoms with E-state index in [1.165, 1.54) is 70.6 Å². The monoisotopic (exact) mass is 1810 g/mol. The Balaban J connectivity index is 1.00. The molecule has 0 aromatic heterocycles. The maximum atomic E-state index is 14.5. The first kappa shape index (κ1) is 107. The standard InChI is InChI=1S/C79H141O43P/c1-3-5-7-9-11-13-15-17-18-20-21-23-25-27-29-31-48(82)107-35-41(113-49(83)32-30-28-26-24-22-19-16-14-12-10-8-6-4-2)36-112-123(105,106)122-73-71(120-78-69(103)57(91)51(85)43(34-81)115-78)63(97)62(96)64(98)72(73)121-79-70(104)61(95)55(89)47(119-79)40-111-77-68(102)60(94)54(88)46(118-77)39-110-76-67(101)59(93)53(87)45(117-76)38-109-75-66(100)58(92)52(86)44(116-75)37-108-74-65(99)56(90)50(84)42(33-80)114-74/h17-18,41-47,50-81,84-104H,3-16,19-40H2,1-2H3,(H,105,106)/b18-17-/t41-,42?,43?,44?,45?,46?,47?,50+,51-,52+,53+,54+,55+,56?,57?,58?,59?,60?,61?,62+,63?,64?,65+,66+,67+,68+,69-,70+,71-,72?,73+,74-,75-,76-,77-,78-,79+/m1/s1. The summed E-state index contributed by atoms with van der Waals surface area (Å²) < 4.78 is 104. The molecular weight excluding hydrogens is 1670 g/mol. The minimum atomic E-state index is -5.89. The van der Waals surface area contributed by atoms with Crippen LogP contribution in [-0.4, -0.2) is 414 Å². The second-order valence-electron chi connectivity index (χ2n) is 32.9. The number of phosphoric acid groups is 1. The van der Waals surface area contributed by atoms with Crippen LogP contribution in [0.15, 0.2) is 12.2 Å². The summed E-state index contributed by atoms with van der Waals surface area (Å²) in [6.45, 7) is -2.93. The third-order valence-electron chi connectivity index (χ3n) is 23.2. The number of carbonyl (C=O) groups excluding carboxylic acids is 2. The molecule has 16 unspecified atom stereocenters. The van der Waals surface area contributed by atoms with Gasteiger partial charge >= 0.3 is 19.8 Å². The predicted octanol–water partition coefficient (Wildman–Crippen LogP) is -4.77. The highest BCUT2D eigenvalue weighted by Crippen LogP contribution is 2.49. The Kier molecular flexibility index (Phi) is 48.1. The fraction of sp³-hybridized carbons (Fsp3) is 0.949. The Morgan fingerprint density at radius 1 is 0.317 bits per heavy atom. The molecule has 0 radical (unpaired) electrons. The number of esters is 2. The van der Waals surface area contributed by atoms with E-state index in [9.17, 15) is 136 Å². The van der Waals surface area contributed by atoms with E-state index in [2.05, 4.69) is 26.0 Å². The number of unbranched alkanes of at least 4 members (excludes halogenated alkanes) is 23. The molecule has 24 N–H and O–H groups in total. The molecule has 6 saturated heterocycles. The first-order chi connectivity index (χ1) is 58.7. The maximum Gasteiger partial charge on any atom is 0.472 e. The van der Waals surface area contributed by atoms with Crippen LogP contribution in [0.25, 0.3) is 0 Å². The van der Waals surface area contributed by atoms with Gasteiger partial charge in [0.1, 0.15) is 190 Å². The van der Waals surface area contributed by atoms with Gasteiger partial charge in [-0.2, -0.15) is 0 Å². The SMILES string of the molecule is CCCCCCCC/C=C\CCCCCCCC(=O)OC[C@H](COP(=O)(O)O[C@@H]1C(O[C@@H]2OC(CO[C@@H]3OC(CO[C@@H]4OC(CO[C@@H]5OC(CO[C@@H]6OC(CO)[C@H](O)C(O)[C@@H]6O)[C@H](O)C(O)[C@@H]5O)[C@H](O)C(O)[C@@H]4O)[C@H](O)C(O)[C@@H]3O)[C@H](O)C(O)[C@@H]2O)C(O)[C@@H](O)C(O)[C@H]1O[C@H]1OC(CO)[C@@H](O)C(O)[C@H]1O)OC(=O)CCCCCCCCCCCCCCC. The van der Waals surface area contributed by atoms with Crippen LogP contribution in [0.3, 0.4) is 0 Å². The highest BCUT2D eigenvalue weighted by atomic mass is 31.2. The second kappa shape index (κ2) is 55.0. The Bertz CT molecular complexity index is 2980. The van der Waals surface area contributed by atoms with Crippen LogP contribution in [0.1, 0.15) is 194 Å². The summed E-state index contributed by atoms with van der Waals surface area (Å²) >= 11 is 0. The molecule has 7 aliphatic rings. The van der Waals surface area contributed by atoms with Crippen LogP contribution < -0.4 is 0 Å².